The van der Waals surface area contributed by atoms with Crippen LogP contribution < -0.4 is 0 Å². The lowest BCUT2D eigenvalue weighted by atomic mass is 10.1. The Balaban J connectivity index is 1.81. The third-order valence-electron chi connectivity index (χ3n) is 2.97. The number of hydrogen-bond acceptors (Lipinski definition) is 1. The molecule has 0 spiro atoms. The minimum atomic E-state index is 0.115. The number of aryl methyl sites for hydroxylation is 2. The number of nitrogens with zero attached hydrogens (tertiary/aromatic N) is 2. The summed E-state index contributed by atoms with van der Waals surface area (Å²) in [7, 11) is 1.98. The summed E-state index contributed by atoms with van der Waals surface area (Å²) in [4.78, 5) is 0. The molecular formula is C14H17ClN2. The van der Waals surface area contributed by atoms with Gasteiger partial charge in [-0.1, -0.05) is 30.3 Å². The molecule has 2 aromatic rings. The quantitative estimate of drug-likeness (QED) is 0.738. The maximum atomic E-state index is 6.36. The molecule has 2 nitrogen and oxygen atoms in total. The van der Waals surface area contributed by atoms with E-state index < -0.39 is 0 Å². The highest BCUT2D eigenvalue weighted by Gasteiger charge is 2.07. The molecule has 1 atom stereocenters. The monoisotopic (exact) mass is 248 g/mol. The Bertz CT molecular complexity index is 450. The van der Waals surface area contributed by atoms with Gasteiger partial charge >= 0.3 is 0 Å². The molecule has 0 aliphatic rings. The molecule has 0 amide bonds. The number of benzene rings is 1. The molecule has 90 valence electrons. The molecule has 0 saturated heterocycles. The molecule has 0 radical (unpaired) electrons. The van der Waals surface area contributed by atoms with E-state index in [1.165, 1.54) is 11.3 Å². The Labute approximate surface area is 107 Å². The van der Waals surface area contributed by atoms with Gasteiger partial charge in [-0.3, -0.25) is 4.68 Å². The summed E-state index contributed by atoms with van der Waals surface area (Å²) in [6.07, 6.45) is 4.95. The Morgan fingerprint density at radius 1 is 1.24 bits per heavy atom. The van der Waals surface area contributed by atoms with Crippen LogP contribution in [-0.4, -0.2) is 9.78 Å². The summed E-state index contributed by atoms with van der Waals surface area (Å²) in [5.74, 6) is 0. The first-order valence-electron chi connectivity index (χ1n) is 5.93. The zero-order valence-electron chi connectivity index (χ0n) is 10.0. The minimum Gasteiger partial charge on any atom is -0.273 e. The van der Waals surface area contributed by atoms with Gasteiger partial charge < -0.3 is 0 Å². The highest BCUT2D eigenvalue weighted by Crippen LogP contribution is 2.25. The van der Waals surface area contributed by atoms with Crippen molar-refractivity contribution in [2.24, 2.45) is 7.05 Å². The first-order chi connectivity index (χ1) is 8.27. The molecule has 0 bridgehead atoms. The minimum absolute atomic E-state index is 0.115. The van der Waals surface area contributed by atoms with Crippen molar-refractivity contribution in [2.75, 3.05) is 0 Å². The van der Waals surface area contributed by atoms with Crippen LogP contribution in [0, 0.1) is 0 Å². The van der Waals surface area contributed by atoms with Crippen LogP contribution in [0.2, 0.25) is 0 Å². The number of aromatic nitrogens is 2. The highest BCUT2D eigenvalue weighted by atomic mass is 35.5. The van der Waals surface area contributed by atoms with Crippen LogP contribution >= 0.6 is 11.6 Å². The van der Waals surface area contributed by atoms with Crippen molar-refractivity contribution < 1.29 is 0 Å². The Hall–Kier alpha value is -1.28. The summed E-state index contributed by atoms with van der Waals surface area (Å²) in [5.41, 5.74) is 2.47. The lowest BCUT2D eigenvalue weighted by Gasteiger charge is -2.09. The molecule has 2 rings (SSSR count). The van der Waals surface area contributed by atoms with Crippen molar-refractivity contribution in [1.82, 2.24) is 9.78 Å². The fraction of sp³-hybridized carbons (Fsp3) is 0.357. The van der Waals surface area contributed by atoms with Crippen molar-refractivity contribution in [1.29, 1.82) is 0 Å². The van der Waals surface area contributed by atoms with Gasteiger partial charge in [0, 0.05) is 18.9 Å². The van der Waals surface area contributed by atoms with Crippen LogP contribution in [0.25, 0.3) is 0 Å². The van der Waals surface area contributed by atoms with Gasteiger partial charge in [-0.05, 0) is 30.9 Å². The standard InChI is InChI=1S/C14H17ClN2/c1-17-13(10-11-16-17)8-5-9-14(15)12-6-3-2-4-7-12/h2-4,6-7,10-11,14H,5,8-9H2,1H3. The number of halogens is 1. The van der Waals surface area contributed by atoms with E-state index in [9.17, 15) is 0 Å². The van der Waals surface area contributed by atoms with E-state index >= 15 is 0 Å². The van der Waals surface area contributed by atoms with Gasteiger partial charge in [0.05, 0.1) is 5.38 Å². The summed E-state index contributed by atoms with van der Waals surface area (Å²) < 4.78 is 1.92. The maximum Gasteiger partial charge on any atom is 0.0585 e. The molecule has 0 aliphatic carbocycles. The fourth-order valence-corrected chi connectivity index (χ4v) is 2.24. The molecule has 1 heterocycles. The molecule has 1 aromatic carbocycles. The topological polar surface area (TPSA) is 17.8 Å². The van der Waals surface area contributed by atoms with Crippen LogP contribution in [0.3, 0.4) is 0 Å². The molecule has 1 aromatic heterocycles. The Kier molecular flexibility index (Phi) is 4.21. The van der Waals surface area contributed by atoms with Gasteiger partial charge in [0.25, 0.3) is 0 Å². The van der Waals surface area contributed by atoms with Crippen molar-refractivity contribution in [3.63, 3.8) is 0 Å². The first-order valence-corrected chi connectivity index (χ1v) is 6.37. The summed E-state index contributed by atoms with van der Waals surface area (Å²) in [6, 6.07) is 12.3. The number of hydrogen-bond donors (Lipinski definition) is 0. The second kappa shape index (κ2) is 5.87. The maximum absolute atomic E-state index is 6.36. The first kappa shape index (κ1) is 12.2. The lowest BCUT2D eigenvalue weighted by molar-refractivity contribution is 0.652. The average Bonchev–Trinajstić information content (AvgIpc) is 2.76. The third-order valence-corrected chi connectivity index (χ3v) is 3.44. The van der Waals surface area contributed by atoms with Crippen molar-refractivity contribution in [3.8, 4) is 0 Å². The van der Waals surface area contributed by atoms with Crippen LogP contribution in [0.15, 0.2) is 42.6 Å². The van der Waals surface area contributed by atoms with Gasteiger partial charge in [-0.25, -0.2) is 0 Å². The molecule has 17 heavy (non-hydrogen) atoms. The SMILES string of the molecule is Cn1nccc1CCCC(Cl)c1ccccc1. The second-order valence-corrected chi connectivity index (χ2v) is 4.74. The smallest absolute Gasteiger partial charge is 0.0585 e. The van der Waals surface area contributed by atoms with E-state index in [-0.39, 0.29) is 5.38 Å². The molecule has 3 heteroatoms. The largest absolute Gasteiger partial charge is 0.273 e. The molecule has 0 N–H and O–H groups in total. The fourth-order valence-electron chi connectivity index (χ4n) is 1.94. The van der Waals surface area contributed by atoms with Crippen LogP contribution in [0.4, 0.5) is 0 Å². The third kappa shape index (κ3) is 3.34. The molecule has 0 aliphatic heterocycles. The molecule has 0 saturated carbocycles. The molecule has 0 fully saturated rings. The molecular weight excluding hydrogens is 232 g/mol. The number of rotatable bonds is 5. The normalized spacial score (nSPS) is 12.6. The lowest BCUT2D eigenvalue weighted by Crippen LogP contribution is -1.99. The van der Waals surface area contributed by atoms with Gasteiger partial charge in [0.15, 0.2) is 0 Å². The van der Waals surface area contributed by atoms with Gasteiger partial charge in [0.1, 0.15) is 0 Å². The van der Waals surface area contributed by atoms with Gasteiger partial charge in [-0.2, -0.15) is 5.10 Å². The predicted molar refractivity (Wildman–Crippen MR) is 71.2 cm³/mol. The van der Waals surface area contributed by atoms with Crippen LogP contribution in [-0.2, 0) is 13.5 Å². The van der Waals surface area contributed by atoms with Gasteiger partial charge in [0.2, 0.25) is 0 Å². The van der Waals surface area contributed by atoms with E-state index in [2.05, 4.69) is 23.3 Å². The zero-order valence-corrected chi connectivity index (χ0v) is 10.8. The van der Waals surface area contributed by atoms with E-state index in [0.29, 0.717) is 0 Å². The predicted octanol–water partition coefficient (Wildman–Crippen LogP) is 3.72. The van der Waals surface area contributed by atoms with E-state index in [1.54, 1.807) is 0 Å². The molecule has 1 unspecified atom stereocenters. The summed E-state index contributed by atoms with van der Waals surface area (Å²) in [5, 5.41) is 4.27. The Morgan fingerprint density at radius 2 is 2.00 bits per heavy atom. The second-order valence-electron chi connectivity index (χ2n) is 4.22. The van der Waals surface area contributed by atoms with Gasteiger partial charge in [-0.15, -0.1) is 11.6 Å². The Morgan fingerprint density at radius 3 is 2.65 bits per heavy atom. The van der Waals surface area contributed by atoms with Crippen LogP contribution in [0.1, 0.15) is 29.5 Å². The van der Waals surface area contributed by atoms with Crippen LogP contribution in [0.5, 0.6) is 0 Å². The highest BCUT2D eigenvalue weighted by molar-refractivity contribution is 6.20. The van der Waals surface area contributed by atoms with E-state index in [1.807, 2.05) is 36.1 Å². The zero-order chi connectivity index (χ0) is 12.1. The van der Waals surface area contributed by atoms with E-state index in [0.717, 1.165) is 19.3 Å². The summed E-state index contributed by atoms with van der Waals surface area (Å²) >= 11 is 6.36. The van der Waals surface area contributed by atoms with Crippen molar-refractivity contribution in [3.05, 3.63) is 53.9 Å². The van der Waals surface area contributed by atoms with E-state index in [4.69, 9.17) is 11.6 Å². The van der Waals surface area contributed by atoms with Crippen molar-refractivity contribution >= 4 is 11.6 Å². The average molecular weight is 249 g/mol. The van der Waals surface area contributed by atoms with Crippen molar-refractivity contribution in [2.45, 2.75) is 24.6 Å². The number of alkyl halides is 1. The summed E-state index contributed by atoms with van der Waals surface area (Å²) in [6.45, 7) is 0.